The molecule has 0 atom stereocenters. The third-order valence-corrected chi connectivity index (χ3v) is 2.73. The van der Waals surface area contributed by atoms with Crippen molar-refractivity contribution in [2.45, 2.75) is 13.8 Å². The number of halogens is 1. The number of aryl methyl sites for hydroxylation is 1. The molecule has 5 heteroatoms. The molecule has 0 bridgehead atoms. The van der Waals surface area contributed by atoms with Gasteiger partial charge < -0.3 is 9.15 Å². The molecule has 2 aromatic rings. The van der Waals surface area contributed by atoms with Crippen molar-refractivity contribution >= 4 is 28.4 Å². The number of hydrogen-bond acceptors (Lipinski definition) is 4. The van der Waals surface area contributed by atoms with Gasteiger partial charge in [0.2, 0.25) is 0 Å². The molecule has 0 radical (unpaired) electrons. The third kappa shape index (κ3) is 2.54. The van der Waals surface area contributed by atoms with Crippen LogP contribution in [-0.2, 0) is 4.79 Å². The van der Waals surface area contributed by atoms with E-state index >= 15 is 0 Å². The Balaban J connectivity index is 2.53. The van der Waals surface area contributed by atoms with Crippen LogP contribution in [0.4, 0.5) is 0 Å². The predicted molar refractivity (Wildman–Crippen MR) is 68.4 cm³/mol. The smallest absolute Gasteiger partial charge is 0.336 e. The van der Waals surface area contributed by atoms with Crippen LogP contribution in [0.3, 0.4) is 0 Å². The molecule has 18 heavy (non-hydrogen) atoms. The van der Waals surface area contributed by atoms with E-state index in [9.17, 15) is 9.59 Å². The summed E-state index contributed by atoms with van der Waals surface area (Å²) in [6.07, 6.45) is 0. The Labute approximate surface area is 108 Å². The van der Waals surface area contributed by atoms with Gasteiger partial charge >= 0.3 is 5.63 Å². The van der Waals surface area contributed by atoms with Gasteiger partial charge in [-0.2, -0.15) is 0 Å². The fourth-order valence-corrected chi connectivity index (χ4v) is 1.83. The van der Waals surface area contributed by atoms with Crippen LogP contribution in [0.25, 0.3) is 11.0 Å². The SMILES string of the molecule is CC(=O)COc1cc2oc(=O)cc(C)c2cc1Cl. The monoisotopic (exact) mass is 266 g/mol. The fraction of sp³-hybridized carbons (Fsp3) is 0.231. The summed E-state index contributed by atoms with van der Waals surface area (Å²) in [6.45, 7) is 3.15. The summed E-state index contributed by atoms with van der Waals surface area (Å²) in [7, 11) is 0. The van der Waals surface area contributed by atoms with Gasteiger partial charge in [-0.3, -0.25) is 4.79 Å². The topological polar surface area (TPSA) is 56.5 Å². The van der Waals surface area contributed by atoms with Crippen molar-refractivity contribution in [3.05, 3.63) is 39.2 Å². The highest BCUT2D eigenvalue weighted by Crippen LogP contribution is 2.30. The number of ether oxygens (including phenoxy) is 1. The number of hydrogen-bond donors (Lipinski definition) is 0. The zero-order valence-corrected chi connectivity index (χ0v) is 10.7. The van der Waals surface area contributed by atoms with Crippen molar-refractivity contribution in [2.75, 3.05) is 6.61 Å². The molecule has 0 unspecified atom stereocenters. The molecule has 0 aliphatic heterocycles. The van der Waals surface area contributed by atoms with Gasteiger partial charge in [-0.15, -0.1) is 0 Å². The second-order valence-electron chi connectivity index (χ2n) is 4.02. The first-order valence-electron chi connectivity index (χ1n) is 5.33. The number of Topliss-reactive ketones (excluding diaryl/α,β-unsaturated/α-hetero) is 1. The second-order valence-corrected chi connectivity index (χ2v) is 4.43. The van der Waals surface area contributed by atoms with Crippen molar-refractivity contribution in [1.29, 1.82) is 0 Å². The molecule has 0 spiro atoms. The van der Waals surface area contributed by atoms with Crippen molar-refractivity contribution in [2.24, 2.45) is 0 Å². The van der Waals surface area contributed by atoms with E-state index in [1.54, 1.807) is 13.0 Å². The van der Waals surface area contributed by atoms with Crippen LogP contribution in [0.1, 0.15) is 12.5 Å². The first kappa shape index (κ1) is 12.6. The van der Waals surface area contributed by atoms with Crippen LogP contribution in [0, 0.1) is 6.92 Å². The number of fused-ring (bicyclic) bond motifs is 1. The van der Waals surface area contributed by atoms with Gasteiger partial charge in [0.05, 0.1) is 5.02 Å². The number of carbonyl (C=O) groups is 1. The van der Waals surface area contributed by atoms with Crippen LogP contribution in [0.5, 0.6) is 5.75 Å². The fourth-order valence-electron chi connectivity index (χ4n) is 1.61. The molecular formula is C13H11ClO4. The van der Waals surface area contributed by atoms with E-state index in [-0.39, 0.29) is 12.4 Å². The summed E-state index contributed by atoms with van der Waals surface area (Å²) in [6, 6.07) is 4.58. The van der Waals surface area contributed by atoms with E-state index in [0.717, 1.165) is 10.9 Å². The van der Waals surface area contributed by atoms with E-state index in [2.05, 4.69) is 0 Å². The Morgan fingerprint density at radius 1 is 1.39 bits per heavy atom. The van der Waals surface area contributed by atoms with Crippen LogP contribution in [0.15, 0.2) is 27.4 Å². The van der Waals surface area contributed by atoms with Crippen LogP contribution >= 0.6 is 11.6 Å². The molecule has 0 saturated heterocycles. The average molecular weight is 267 g/mol. The number of carbonyl (C=O) groups excluding carboxylic acids is 1. The molecule has 0 amide bonds. The Kier molecular flexibility index (Phi) is 3.39. The van der Waals surface area contributed by atoms with Gasteiger partial charge in [0.25, 0.3) is 0 Å². The highest BCUT2D eigenvalue weighted by molar-refractivity contribution is 6.32. The Bertz CT molecular complexity index is 672. The van der Waals surface area contributed by atoms with Gasteiger partial charge in [-0.05, 0) is 25.5 Å². The molecule has 1 heterocycles. The van der Waals surface area contributed by atoms with E-state index in [1.165, 1.54) is 19.1 Å². The summed E-state index contributed by atoms with van der Waals surface area (Å²) in [5, 5.41) is 1.12. The first-order valence-corrected chi connectivity index (χ1v) is 5.71. The molecule has 2 rings (SSSR count). The maximum absolute atomic E-state index is 11.3. The Hall–Kier alpha value is -1.81. The second kappa shape index (κ2) is 4.82. The summed E-state index contributed by atoms with van der Waals surface area (Å²) < 4.78 is 10.3. The molecule has 4 nitrogen and oxygen atoms in total. The van der Waals surface area contributed by atoms with E-state index < -0.39 is 5.63 Å². The lowest BCUT2D eigenvalue weighted by molar-refractivity contribution is -0.118. The average Bonchev–Trinajstić information content (AvgIpc) is 2.27. The normalized spacial score (nSPS) is 10.6. The summed E-state index contributed by atoms with van der Waals surface area (Å²) >= 11 is 6.04. The van der Waals surface area contributed by atoms with Gasteiger partial charge in [-0.25, -0.2) is 4.79 Å². The number of ketones is 1. The van der Waals surface area contributed by atoms with E-state index in [4.69, 9.17) is 20.8 Å². The minimum atomic E-state index is -0.431. The number of benzene rings is 1. The molecule has 0 aliphatic carbocycles. The molecule has 1 aromatic carbocycles. The highest BCUT2D eigenvalue weighted by atomic mass is 35.5. The number of rotatable bonds is 3. The summed E-state index contributed by atoms with van der Waals surface area (Å²) in [5.41, 5.74) is 0.740. The van der Waals surface area contributed by atoms with E-state index in [1.807, 2.05) is 0 Å². The molecule has 0 N–H and O–H groups in total. The quantitative estimate of drug-likeness (QED) is 0.802. The van der Waals surface area contributed by atoms with Gasteiger partial charge in [0.1, 0.15) is 17.9 Å². The van der Waals surface area contributed by atoms with Gasteiger partial charge in [0.15, 0.2) is 5.78 Å². The minimum absolute atomic E-state index is 0.0682. The minimum Gasteiger partial charge on any atom is -0.484 e. The third-order valence-electron chi connectivity index (χ3n) is 2.43. The van der Waals surface area contributed by atoms with Crippen molar-refractivity contribution in [3.63, 3.8) is 0 Å². The molecule has 94 valence electrons. The Morgan fingerprint density at radius 2 is 2.11 bits per heavy atom. The molecular weight excluding hydrogens is 256 g/mol. The largest absolute Gasteiger partial charge is 0.484 e. The van der Waals surface area contributed by atoms with Crippen molar-refractivity contribution in [1.82, 2.24) is 0 Å². The molecule has 1 aromatic heterocycles. The van der Waals surface area contributed by atoms with Crippen LogP contribution < -0.4 is 10.4 Å². The zero-order valence-electron chi connectivity index (χ0n) is 9.95. The summed E-state index contributed by atoms with van der Waals surface area (Å²) in [4.78, 5) is 22.1. The maximum atomic E-state index is 11.3. The van der Waals surface area contributed by atoms with Gasteiger partial charge in [0, 0.05) is 17.5 Å². The predicted octanol–water partition coefficient (Wildman–Crippen LogP) is 2.72. The summed E-state index contributed by atoms with van der Waals surface area (Å²) in [5.74, 6) is 0.213. The van der Waals surface area contributed by atoms with Crippen LogP contribution in [-0.4, -0.2) is 12.4 Å². The lowest BCUT2D eigenvalue weighted by Crippen LogP contribution is -2.07. The standard InChI is InChI=1S/C13H11ClO4/c1-7-3-13(16)18-11-5-12(17-6-8(2)15)10(14)4-9(7)11/h3-5H,6H2,1-2H3. The van der Waals surface area contributed by atoms with Gasteiger partial charge in [-0.1, -0.05) is 11.6 Å². The van der Waals surface area contributed by atoms with Crippen molar-refractivity contribution < 1.29 is 13.9 Å². The highest BCUT2D eigenvalue weighted by Gasteiger charge is 2.09. The Morgan fingerprint density at radius 3 is 2.78 bits per heavy atom. The molecule has 0 aliphatic rings. The lowest BCUT2D eigenvalue weighted by atomic mass is 10.1. The maximum Gasteiger partial charge on any atom is 0.336 e. The lowest BCUT2D eigenvalue weighted by Gasteiger charge is -2.08. The zero-order chi connectivity index (χ0) is 13.3. The van der Waals surface area contributed by atoms with E-state index in [0.29, 0.717) is 16.4 Å². The van der Waals surface area contributed by atoms with Crippen molar-refractivity contribution in [3.8, 4) is 5.75 Å². The molecule has 0 saturated carbocycles. The van der Waals surface area contributed by atoms with Crippen LogP contribution in [0.2, 0.25) is 5.02 Å². The first-order chi connectivity index (χ1) is 8.47. The molecule has 0 fully saturated rings.